The molecule has 0 radical (unpaired) electrons. The predicted molar refractivity (Wildman–Crippen MR) is 97.4 cm³/mol. The lowest BCUT2D eigenvalue weighted by Crippen LogP contribution is -2.14. The summed E-state index contributed by atoms with van der Waals surface area (Å²) >= 11 is 0. The quantitative estimate of drug-likeness (QED) is 0.705. The van der Waals surface area contributed by atoms with Crippen LogP contribution in [-0.4, -0.2) is 10.9 Å². The lowest BCUT2D eigenvalue weighted by molar-refractivity contribution is -0.115. The molecule has 26 heavy (non-hydrogen) atoms. The Labute approximate surface area is 149 Å². The summed E-state index contributed by atoms with van der Waals surface area (Å²) in [4.78, 5) is 16.2. The highest BCUT2D eigenvalue weighted by Crippen LogP contribution is 2.22. The van der Waals surface area contributed by atoms with Gasteiger partial charge in [-0.15, -0.1) is 0 Å². The van der Waals surface area contributed by atoms with E-state index >= 15 is 0 Å². The maximum absolute atomic E-state index is 13.6. The van der Waals surface area contributed by atoms with Gasteiger partial charge >= 0.3 is 0 Å². The molecule has 0 bridgehead atoms. The second kappa shape index (κ2) is 7.74. The van der Waals surface area contributed by atoms with Gasteiger partial charge in [-0.2, -0.15) is 0 Å². The summed E-state index contributed by atoms with van der Waals surface area (Å²) in [6.45, 7) is 1.97. The van der Waals surface area contributed by atoms with Crippen molar-refractivity contribution in [2.24, 2.45) is 0 Å². The fraction of sp³-hybridized carbons (Fsp3) is 0.100. The van der Waals surface area contributed by atoms with Gasteiger partial charge in [0.05, 0.1) is 18.3 Å². The summed E-state index contributed by atoms with van der Waals surface area (Å²) in [6, 6.07) is 14.5. The highest BCUT2D eigenvalue weighted by atomic mass is 19.1. The molecule has 0 unspecified atom stereocenters. The van der Waals surface area contributed by atoms with Gasteiger partial charge in [-0.1, -0.05) is 35.9 Å². The second-order valence-corrected chi connectivity index (χ2v) is 5.87. The molecule has 132 valence electrons. The number of hydrogen-bond acceptors (Lipinski definition) is 3. The van der Waals surface area contributed by atoms with Gasteiger partial charge in [-0.25, -0.2) is 13.8 Å². The minimum Gasteiger partial charge on any atom is -0.335 e. The third kappa shape index (κ3) is 4.42. The molecule has 1 aromatic heterocycles. The average molecular weight is 353 g/mol. The van der Waals surface area contributed by atoms with Gasteiger partial charge in [0.2, 0.25) is 5.91 Å². The highest BCUT2D eigenvalue weighted by molar-refractivity contribution is 5.92. The van der Waals surface area contributed by atoms with E-state index in [1.165, 1.54) is 18.3 Å². The number of aromatic nitrogens is 1. The van der Waals surface area contributed by atoms with E-state index in [4.69, 9.17) is 0 Å². The number of nitrogens with one attached hydrogen (secondary N) is 2. The van der Waals surface area contributed by atoms with E-state index in [0.29, 0.717) is 5.69 Å². The molecule has 0 aliphatic rings. The Morgan fingerprint density at radius 1 is 1.04 bits per heavy atom. The highest BCUT2D eigenvalue weighted by Gasteiger charge is 2.09. The van der Waals surface area contributed by atoms with Crippen molar-refractivity contribution in [2.45, 2.75) is 13.3 Å². The summed E-state index contributed by atoms with van der Waals surface area (Å²) < 4.78 is 27.3. The SMILES string of the molecule is Cc1cccc(CC(=O)Nc2ccc(Nc3c(F)cccc3F)nc2)c1. The molecule has 2 aromatic carbocycles. The third-order valence-corrected chi connectivity index (χ3v) is 3.71. The molecule has 1 amide bonds. The van der Waals surface area contributed by atoms with Crippen LogP contribution in [0.4, 0.5) is 26.0 Å². The largest absolute Gasteiger partial charge is 0.335 e. The van der Waals surface area contributed by atoms with Crippen molar-refractivity contribution in [1.29, 1.82) is 0 Å². The standard InChI is InChI=1S/C20H17F2N3O/c1-13-4-2-5-14(10-13)11-19(26)24-15-8-9-18(23-12-15)25-20-16(21)6-3-7-17(20)22/h2-10,12H,11H2,1H3,(H,23,25)(H,24,26). The number of para-hydroxylation sites is 1. The molecular weight excluding hydrogens is 336 g/mol. The van der Waals surface area contributed by atoms with E-state index < -0.39 is 11.6 Å². The number of carbonyl (C=O) groups excluding carboxylic acids is 1. The van der Waals surface area contributed by atoms with Gasteiger partial charge in [0, 0.05) is 0 Å². The number of rotatable bonds is 5. The van der Waals surface area contributed by atoms with Crippen LogP contribution in [-0.2, 0) is 11.2 Å². The van der Waals surface area contributed by atoms with Crippen LogP contribution < -0.4 is 10.6 Å². The number of benzene rings is 2. The topological polar surface area (TPSA) is 54.0 Å². The van der Waals surface area contributed by atoms with E-state index in [1.807, 2.05) is 31.2 Å². The van der Waals surface area contributed by atoms with Crippen molar-refractivity contribution in [3.8, 4) is 0 Å². The Bertz CT molecular complexity index is 906. The minimum atomic E-state index is -0.706. The van der Waals surface area contributed by atoms with Gasteiger partial charge in [-0.05, 0) is 36.8 Å². The van der Waals surface area contributed by atoms with Crippen LogP contribution in [0.25, 0.3) is 0 Å². The number of anilines is 3. The molecule has 1 heterocycles. The van der Waals surface area contributed by atoms with Crippen molar-refractivity contribution < 1.29 is 13.6 Å². The van der Waals surface area contributed by atoms with Crippen LogP contribution >= 0.6 is 0 Å². The molecule has 0 saturated heterocycles. The molecule has 2 N–H and O–H groups in total. The number of nitrogens with zero attached hydrogens (tertiary/aromatic N) is 1. The molecule has 0 fully saturated rings. The number of aryl methyl sites for hydroxylation is 1. The Morgan fingerprint density at radius 2 is 1.77 bits per heavy atom. The van der Waals surface area contributed by atoms with Gasteiger partial charge in [0.15, 0.2) is 0 Å². The average Bonchev–Trinajstić information content (AvgIpc) is 2.60. The molecule has 6 heteroatoms. The number of halogens is 2. The second-order valence-electron chi connectivity index (χ2n) is 5.87. The lowest BCUT2D eigenvalue weighted by atomic mass is 10.1. The zero-order valence-electron chi connectivity index (χ0n) is 14.1. The Balaban J connectivity index is 1.63. The van der Waals surface area contributed by atoms with Crippen LogP contribution in [0.2, 0.25) is 0 Å². The first-order valence-corrected chi connectivity index (χ1v) is 8.04. The molecule has 0 aliphatic heterocycles. The summed E-state index contributed by atoms with van der Waals surface area (Å²) in [5.41, 5.74) is 2.25. The van der Waals surface area contributed by atoms with Crippen molar-refractivity contribution in [3.05, 3.63) is 83.6 Å². The normalized spacial score (nSPS) is 10.4. The predicted octanol–water partition coefficient (Wildman–Crippen LogP) is 4.59. The Morgan fingerprint density at radius 3 is 2.42 bits per heavy atom. The monoisotopic (exact) mass is 353 g/mol. The van der Waals surface area contributed by atoms with Crippen LogP contribution in [0, 0.1) is 18.6 Å². The van der Waals surface area contributed by atoms with Crippen molar-refractivity contribution in [3.63, 3.8) is 0 Å². The summed E-state index contributed by atoms with van der Waals surface area (Å²) in [5, 5.41) is 5.34. The molecule has 0 atom stereocenters. The Kier molecular flexibility index (Phi) is 5.22. The molecule has 0 spiro atoms. The maximum atomic E-state index is 13.6. The molecule has 0 aliphatic carbocycles. The molecule has 4 nitrogen and oxygen atoms in total. The maximum Gasteiger partial charge on any atom is 0.228 e. The smallest absolute Gasteiger partial charge is 0.228 e. The number of amides is 1. The molecule has 3 aromatic rings. The summed E-state index contributed by atoms with van der Waals surface area (Å²) in [6.07, 6.45) is 1.68. The summed E-state index contributed by atoms with van der Waals surface area (Å²) in [5.74, 6) is -1.31. The van der Waals surface area contributed by atoms with E-state index in [1.54, 1.807) is 6.07 Å². The number of hydrogen-bond donors (Lipinski definition) is 2. The summed E-state index contributed by atoms with van der Waals surface area (Å²) in [7, 11) is 0. The number of carbonyl (C=O) groups is 1. The van der Waals surface area contributed by atoms with Gasteiger partial charge < -0.3 is 10.6 Å². The van der Waals surface area contributed by atoms with Gasteiger partial charge in [0.1, 0.15) is 23.1 Å². The van der Waals surface area contributed by atoms with E-state index in [0.717, 1.165) is 23.3 Å². The third-order valence-electron chi connectivity index (χ3n) is 3.71. The van der Waals surface area contributed by atoms with Gasteiger partial charge in [0.25, 0.3) is 0 Å². The van der Waals surface area contributed by atoms with Gasteiger partial charge in [-0.3, -0.25) is 4.79 Å². The van der Waals surface area contributed by atoms with E-state index in [9.17, 15) is 13.6 Å². The first-order valence-electron chi connectivity index (χ1n) is 8.04. The zero-order valence-corrected chi connectivity index (χ0v) is 14.1. The van der Waals surface area contributed by atoms with Crippen LogP contribution in [0.5, 0.6) is 0 Å². The van der Waals surface area contributed by atoms with Crippen LogP contribution in [0.15, 0.2) is 60.8 Å². The van der Waals surface area contributed by atoms with E-state index in [-0.39, 0.29) is 23.8 Å². The zero-order chi connectivity index (χ0) is 18.5. The van der Waals surface area contributed by atoms with Crippen LogP contribution in [0.3, 0.4) is 0 Å². The first-order chi connectivity index (χ1) is 12.5. The Hall–Kier alpha value is -3.28. The molecule has 0 saturated carbocycles. The fourth-order valence-electron chi connectivity index (χ4n) is 2.50. The molecular formula is C20H17F2N3O. The fourth-order valence-corrected chi connectivity index (χ4v) is 2.50. The van der Waals surface area contributed by atoms with Crippen molar-refractivity contribution >= 4 is 23.1 Å². The number of pyridine rings is 1. The molecule has 3 rings (SSSR count). The van der Waals surface area contributed by atoms with Crippen molar-refractivity contribution in [1.82, 2.24) is 4.98 Å². The van der Waals surface area contributed by atoms with Crippen molar-refractivity contribution in [2.75, 3.05) is 10.6 Å². The first kappa shape index (κ1) is 17.5. The van der Waals surface area contributed by atoms with E-state index in [2.05, 4.69) is 15.6 Å². The minimum absolute atomic E-state index is 0.168. The lowest BCUT2D eigenvalue weighted by Gasteiger charge is -2.09. The van der Waals surface area contributed by atoms with Crippen LogP contribution in [0.1, 0.15) is 11.1 Å².